The molecule has 1 heterocycles. The van der Waals surface area contributed by atoms with E-state index in [1.165, 1.54) is 13.2 Å². The van der Waals surface area contributed by atoms with E-state index in [0.717, 1.165) is 5.56 Å². The van der Waals surface area contributed by atoms with E-state index >= 15 is 0 Å². The molecule has 0 aliphatic rings. The lowest BCUT2D eigenvalue weighted by Crippen LogP contribution is -2.09. The van der Waals surface area contributed by atoms with Crippen molar-refractivity contribution in [1.82, 2.24) is 4.98 Å². The third-order valence-corrected chi connectivity index (χ3v) is 5.04. The average molecular weight is 462 g/mol. The SMILES string of the molecule is C=C(c1cc(OC)c(OC)c(OC)c1)c1ccc(OC)c(/C=C/C(=O)Nc2ccccc2N)n1. The van der Waals surface area contributed by atoms with Crippen LogP contribution in [0, 0.1) is 0 Å². The van der Waals surface area contributed by atoms with Crippen LogP contribution in [0.5, 0.6) is 23.0 Å². The number of nitrogen functional groups attached to an aromatic ring is 1. The van der Waals surface area contributed by atoms with Crippen LogP contribution in [0.3, 0.4) is 0 Å². The second kappa shape index (κ2) is 10.9. The zero-order chi connectivity index (χ0) is 24.7. The Labute approximate surface area is 198 Å². The molecule has 0 saturated carbocycles. The van der Waals surface area contributed by atoms with Crippen molar-refractivity contribution in [3.8, 4) is 23.0 Å². The summed E-state index contributed by atoms with van der Waals surface area (Å²) in [4.78, 5) is 17.0. The molecule has 2 aromatic carbocycles. The van der Waals surface area contributed by atoms with Crippen LogP contribution in [0.15, 0.2) is 61.2 Å². The van der Waals surface area contributed by atoms with Gasteiger partial charge in [0, 0.05) is 11.6 Å². The molecule has 0 bridgehead atoms. The van der Waals surface area contributed by atoms with E-state index in [1.807, 2.05) is 0 Å². The Balaban J connectivity index is 1.90. The summed E-state index contributed by atoms with van der Waals surface area (Å²) in [7, 11) is 6.17. The molecule has 0 aliphatic heterocycles. The summed E-state index contributed by atoms with van der Waals surface area (Å²) in [5.41, 5.74) is 9.30. The van der Waals surface area contributed by atoms with Gasteiger partial charge in [-0.15, -0.1) is 0 Å². The first-order valence-electron chi connectivity index (χ1n) is 10.3. The maximum absolute atomic E-state index is 12.4. The number of benzene rings is 2. The first-order valence-corrected chi connectivity index (χ1v) is 10.3. The van der Waals surface area contributed by atoms with Crippen molar-refractivity contribution in [2.75, 3.05) is 39.5 Å². The maximum Gasteiger partial charge on any atom is 0.248 e. The first kappa shape index (κ1) is 24.2. The van der Waals surface area contributed by atoms with Gasteiger partial charge in [0.2, 0.25) is 11.7 Å². The van der Waals surface area contributed by atoms with Gasteiger partial charge in [-0.2, -0.15) is 0 Å². The minimum atomic E-state index is -0.351. The lowest BCUT2D eigenvalue weighted by molar-refractivity contribution is -0.111. The van der Waals surface area contributed by atoms with Gasteiger partial charge in [0.05, 0.1) is 45.5 Å². The van der Waals surface area contributed by atoms with E-state index in [9.17, 15) is 4.79 Å². The fraction of sp³-hybridized carbons (Fsp3) is 0.154. The molecule has 0 saturated heterocycles. The van der Waals surface area contributed by atoms with Gasteiger partial charge in [-0.3, -0.25) is 4.79 Å². The van der Waals surface area contributed by atoms with Crippen LogP contribution in [-0.2, 0) is 4.79 Å². The predicted octanol–water partition coefficient (Wildman–Crippen LogP) is 4.41. The van der Waals surface area contributed by atoms with Gasteiger partial charge in [-0.25, -0.2) is 4.98 Å². The molecule has 0 fully saturated rings. The number of nitrogens with zero attached hydrogens (tertiary/aromatic N) is 1. The van der Waals surface area contributed by atoms with E-state index in [2.05, 4.69) is 16.9 Å². The van der Waals surface area contributed by atoms with E-state index in [0.29, 0.717) is 51.3 Å². The molecular weight excluding hydrogens is 434 g/mol. The number of nitrogens with two attached hydrogens (primary N) is 1. The summed E-state index contributed by atoms with van der Waals surface area (Å²) in [5, 5.41) is 2.74. The fourth-order valence-corrected chi connectivity index (χ4v) is 3.27. The van der Waals surface area contributed by atoms with Crippen LogP contribution in [0.1, 0.15) is 17.0 Å². The highest BCUT2D eigenvalue weighted by Crippen LogP contribution is 2.40. The molecule has 176 valence electrons. The Kier molecular flexibility index (Phi) is 7.76. The highest BCUT2D eigenvalue weighted by atomic mass is 16.5. The second-order valence-electron chi connectivity index (χ2n) is 7.09. The van der Waals surface area contributed by atoms with E-state index in [4.69, 9.17) is 24.7 Å². The van der Waals surface area contributed by atoms with E-state index in [1.54, 1.807) is 75.9 Å². The number of para-hydroxylation sites is 2. The molecule has 3 rings (SSSR count). The molecule has 1 amide bonds. The number of methoxy groups -OCH3 is 4. The third kappa shape index (κ3) is 5.29. The zero-order valence-corrected chi connectivity index (χ0v) is 19.5. The summed E-state index contributed by atoms with van der Waals surface area (Å²) >= 11 is 0. The number of carbonyl (C=O) groups excluding carboxylic acids is 1. The van der Waals surface area contributed by atoms with Crippen molar-refractivity contribution in [3.05, 3.63) is 78.1 Å². The van der Waals surface area contributed by atoms with E-state index < -0.39 is 0 Å². The number of aromatic nitrogens is 1. The molecule has 0 unspecified atom stereocenters. The normalized spacial score (nSPS) is 10.6. The summed E-state index contributed by atoms with van der Waals surface area (Å²) in [6, 6.07) is 14.2. The molecule has 0 atom stereocenters. The third-order valence-electron chi connectivity index (χ3n) is 5.04. The van der Waals surface area contributed by atoms with Crippen molar-refractivity contribution in [2.24, 2.45) is 0 Å². The van der Waals surface area contributed by atoms with Gasteiger partial charge < -0.3 is 30.0 Å². The number of amides is 1. The number of nitrogens with one attached hydrogen (secondary N) is 1. The van der Waals surface area contributed by atoms with Gasteiger partial charge in [-0.1, -0.05) is 18.7 Å². The summed E-state index contributed by atoms with van der Waals surface area (Å²) in [5.74, 6) is 1.64. The summed E-state index contributed by atoms with van der Waals surface area (Å²) in [6.07, 6.45) is 2.93. The van der Waals surface area contributed by atoms with Crippen LogP contribution < -0.4 is 30.0 Å². The number of ether oxygens (including phenoxy) is 4. The van der Waals surface area contributed by atoms with Crippen LogP contribution in [0.2, 0.25) is 0 Å². The smallest absolute Gasteiger partial charge is 0.248 e. The van der Waals surface area contributed by atoms with Crippen molar-refractivity contribution < 1.29 is 23.7 Å². The van der Waals surface area contributed by atoms with Gasteiger partial charge in [0.25, 0.3) is 0 Å². The first-order chi connectivity index (χ1) is 16.4. The highest BCUT2D eigenvalue weighted by Gasteiger charge is 2.16. The Hall–Kier alpha value is -4.46. The zero-order valence-electron chi connectivity index (χ0n) is 19.5. The molecule has 8 nitrogen and oxygen atoms in total. The molecule has 3 N–H and O–H groups in total. The lowest BCUT2D eigenvalue weighted by atomic mass is 10.0. The molecular formula is C26H27N3O5. The Morgan fingerprint density at radius 1 is 0.941 bits per heavy atom. The maximum atomic E-state index is 12.4. The van der Waals surface area contributed by atoms with Gasteiger partial charge in [0.15, 0.2) is 11.5 Å². The number of pyridine rings is 1. The molecule has 0 spiro atoms. The lowest BCUT2D eigenvalue weighted by Gasteiger charge is -2.15. The van der Waals surface area contributed by atoms with Crippen molar-refractivity contribution >= 4 is 28.9 Å². The molecule has 3 aromatic rings. The molecule has 34 heavy (non-hydrogen) atoms. The fourth-order valence-electron chi connectivity index (χ4n) is 3.27. The minimum Gasteiger partial charge on any atom is -0.494 e. The minimum absolute atomic E-state index is 0.351. The Morgan fingerprint density at radius 3 is 2.18 bits per heavy atom. The van der Waals surface area contributed by atoms with Crippen molar-refractivity contribution in [3.63, 3.8) is 0 Å². The summed E-state index contributed by atoms with van der Waals surface area (Å²) < 4.78 is 21.7. The average Bonchev–Trinajstić information content (AvgIpc) is 2.87. The number of rotatable bonds is 9. The Morgan fingerprint density at radius 2 is 1.59 bits per heavy atom. The highest BCUT2D eigenvalue weighted by molar-refractivity contribution is 6.03. The molecule has 0 radical (unpaired) electrons. The number of hydrogen-bond donors (Lipinski definition) is 2. The summed E-state index contributed by atoms with van der Waals surface area (Å²) in [6.45, 7) is 4.19. The van der Waals surface area contributed by atoms with Gasteiger partial charge >= 0.3 is 0 Å². The number of hydrogen-bond acceptors (Lipinski definition) is 7. The van der Waals surface area contributed by atoms with E-state index in [-0.39, 0.29) is 5.91 Å². The van der Waals surface area contributed by atoms with Crippen LogP contribution in [-0.4, -0.2) is 39.3 Å². The Bertz CT molecular complexity index is 1210. The van der Waals surface area contributed by atoms with Gasteiger partial charge in [0.1, 0.15) is 11.4 Å². The van der Waals surface area contributed by atoms with Crippen molar-refractivity contribution in [1.29, 1.82) is 0 Å². The molecule has 0 aliphatic carbocycles. The van der Waals surface area contributed by atoms with Crippen LogP contribution in [0.25, 0.3) is 11.6 Å². The van der Waals surface area contributed by atoms with Crippen molar-refractivity contribution in [2.45, 2.75) is 0 Å². The van der Waals surface area contributed by atoms with Crippen LogP contribution in [0.4, 0.5) is 11.4 Å². The largest absolute Gasteiger partial charge is 0.494 e. The number of anilines is 2. The topological polar surface area (TPSA) is 105 Å². The second-order valence-corrected chi connectivity index (χ2v) is 7.09. The van der Waals surface area contributed by atoms with Gasteiger partial charge in [-0.05, 0) is 48.0 Å². The monoisotopic (exact) mass is 461 g/mol. The quantitative estimate of drug-likeness (QED) is 0.359. The molecule has 8 heteroatoms. The standard InChI is InChI=1S/C26H27N3O5/c1-16(17-14-23(32-3)26(34-5)24(15-17)33-4)19-10-12-22(31-2)21(28-19)11-13-25(30)29-20-9-7-6-8-18(20)27/h6-15H,1,27H2,2-5H3,(H,29,30)/b13-11+. The number of carbonyl (C=O) groups is 1. The predicted molar refractivity (Wildman–Crippen MR) is 134 cm³/mol. The molecule has 1 aromatic heterocycles. The van der Waals surface area contributed by atoms with Crippen LogP contribution >= 0.6 is 0 Å².